The minimum Gasteiger partial charge on any atom is -0.496 e. The second-order valence-electron chi connectivity index (χ2n) is 6.36. The van der Waals surface area contributed by atoms with Gasteiger partial charge < -0.3 is 14.4 Å². The van der Waals surface area contributed by atoms with Crippen LogP contribution in [0.25, 0.3) is 0 Å². The Morgan fingerprint density at radius 1 is 1.27 bits per heavy atom. The average molecular weight is 304 g/mol. The maximum absolute atomic E-state index is 13.0. The van der Waals surface area contributed by atoms with Gasteiger partial charge in [0.15, 0.2) is 0 Å². The zero-order valence-electron chi connectivity index (χ0n) is 13.5. The molecule has 120 valence electrons. The summed E-state index contributed by atoms with van der Waals surface area (Å²) in [5.41, 5.74) is 1.65. The lowest BCUT2D eigenvalue weighted by Gasteiger charge is -2.30. The van der Waals surface area contributed by atoms with E-state index in [0.29, 0.717) is 30.4 Å². The number of rotatable bonds is 2. The second-order valence-corrected chi connectivity index (χ2v) is 6.36. The van der Waals surface area contributed by atoms with Crippen molar-refractivity contribution >= 4 is 5.91 Å². The Morgan fingerprint density at radius 3 is 2.86 bits per heavy atom. The summed E-state index contributed by atoms with van der Waals surface area (Å²) in [6.07, 6.45) is 0. The minimum absolute atomic E-state index is 0.0627. The van der Waals surface area contributed by atoms with Crippen LogP contribution in [0.2, 0.25) is 0 Å². The third-order valence-corrected chi connectivity index (χ3v) is 4.68. The van der Waals surface area contributed by atoms with Crippen LogP contribution in [0, 0.1) is 12.8 Å². The van der Waals surface area contributed by atoms with E-state index in [9.17, 15) is 4.79 Å². The van der Waals surface area contributed by atoms with Crippen LogP contribution in [0.3, 0.4) is 0 Å². The van der Waals surface area contributed by atoms with Gasteiger partial charge >= 0.3 is 0 Å². The van der Waals surface area contributed by atoms with Crippen LogP contribution < -0.4 is 4.74 Å². The van der Waals surface area contributed by atoms with E-state index in [1.807, 2.05) is 30.0 Å². The maximum Gasteiger partial charge on any atom is 0.257 e. The number of para-hydroxylation sites is 1. The highest BCUT2D eigenvalue weighted by Gasteiger charge is 2.34. The Balaban J connectivity index is 1.88. The molecule has 2 aliphatic heterocycles. The van der Waals surface area contributed by atoms with Gasteiger partial charge in [0.2, 0.25) is 0 Å². The van der Waals surface area contributed by atoms with E-state index < -0.39 is 0 Å². The summed E-state index contributed by atoms with van der Waals surface area (Å²) in [5.74, 6) is 1.12. The molecule has 1 aromatic carbocycles. The van der Waals surface area contributed by atoms with Crippen molar-refractivity contribution in [2.45, 2.75) is 13.0 Å². The summed E-state index contributed by atoms with van der Waals surface area (Å²) in [6.45, 7) is 5.84. The molecule has 0 N–H and O–H groups in total. The van der Waals surface area contributed by atoms with E-state index in [4.69, 9.17) is 9.47 Å². The van der Waals surface area contributed by atoms with Crippen molar-refractivity contribution in [3.63, 3.8) is 0 Å². The molecule has 0 spiro atoms. The van der Waals surface area contributed by atoms with Crippen LogP contribution in [0.15, 0.2) is 18.2 Å². The van der Waals surface area contributed by atoms with E-state index in [1.54, 1.807) is 7.11 Å². The second kappa shape index (κ2) is 6.26. The molecule has 2 saturated heterocycles. The van der Waals surface area contributed by atoms with Gasteiger partial charge in [0.05, 0.1) is 31.9 Å². The predicted octanol–water partition coefficient (Wildman–Crippen LogP) is 1.41. The Bertz CT molecular complexity index is 561. The number of nitrogens with zero attached hydrogens (tertiary/aromatic N) is 2. The molecule has 3 rings (SSSR count). The van der Waals surface area contributed by atoms with Gasteiger partial charge in [-0.25, -0.2) is 0 Å². The normalized spacial score (nSPS) is 25.7. The number of fused-ring (bicyclic) bond motifs is 3. The van der Waals surface area contributed by atoms with E-state index in [-0.39, 0.29) is 11.9 Å². The Hall–Kier alpha value is -1.59. The summed E-state index contributed by atoms with van der Waals surface area (Å²) >= 11 is 0. The van der Waals surface area contributed by atoms with Gasteiger partial charge in [-0.1, -0.05) is 12.1 Å². The number of hydrogen-bond acceptors (Lipinski definition) is 4. The van der Waals surface area contributed by atoms with Crippen LogP contribution in [0.5, 0.6) is 5.75 Å². The lowest BCUT2D eigenvalue weighted by molar-refractivity contribution is 0.0432. The van der Waals surface area contributed by atoms with Crippen molar-refractivity contribution in [1.29, 1.82) is 0 Å². The van der Waals surface area contributed by atoms with Gasteiger partial charge in [0.1, 0.15) is 5.75 Å². The summed E-state index contributed by atoms with van der Waals surface area (Å²) < 4.78 is 11.2. The molecule has 0 radical (unpaired) electrons. The molecular weight excluding hydrogens is 280 g/mol. The first-order chi connectivity index (χ1) is 10.6. The van der Waals surface area contributed by atoms with Crippen molar-refractivity contribution in [1.82, 2.24) is 9.80 Å². The number of ether oxygens (including phenoxy) is 2. The molecule has 2 bridgehead atoms. The zero-order valence-corrected chi connectivity index (χ0v) is 13.5. The lowest BCUT2D eigenvalue weighted by atomic mass is 10.1. The van der Waals surface area contributed by atoms with Crippen molar-refractivity contribution < 1.29 is 14.3 Å². The largest absolute Gasteiger partial charge is 0.496 e. The van der Waals surface area contributed by atoms with Crippen LogP contribution in [0.1, 0.15) is 15.9 Å². The number of carbonyl (C=O) groups is 1. The summed E-state index contributed by atoms with van der Waals surface area (Å²) in [5, 5.41) is 0. The lowest BCUT2D eigenvalue weighted by Crippen LogP contribution is -2.44. The SMILES string of the molecule is COc1c(C)cccc1C(=O)N1C[C@@H]2COC[C@H](C1)N(C)C2. The molecule has 5 nitrogen and oxygen atoms in total. The Labute approximate surface area is 131 Å². The summed E-state index contributed by atoms with van der Waals surface area (Å²) in [6, 6.07) is 6.01. The summed E-state index contributed by atoms with van der Waals surface area (Å²) in [7, 11) is 3.74. The molecule has 2 atom stereocenters. The number of carbonyl (C=O) groups excluding carboxylic acids is 1. The molecule has 5 heteroatoms. The van der Waals surface area contributed by atoms with Crippen molar-refractivity contribution in [3.05, 3.63) is 29.3 Å². The van der Waals surface area contributed by atoms with E-state index >= 15 is 0 Å². The van der Waals surface area contributed by atoms with E-state index in [2.05, 4.69) is 11.9 Å². The van der Waals surface area contributed by atoms with Crippen molar-refractivity contribution in [2.24, 2.45) is 5.92 Å². The fourth-order valence-electron chi connectivity index (χ4n) is 3.48. The number of hydrogen-bond donors (Lipinski definition) is 0. The Kier molecular flexibility index (Phi) is 4.36. The highest BCUT2D eigenvalue weighted by Crippen LogP contribution is 2.26. The van der Waals surface area contributed by atoms with Gasteiger partial charge in [-0.15, -0.1) is 0 Å². The fraction of sp³-hybridized carbons (Fsp3) is 0.588. The molecular formula is C17H24N2O3. The number of benzene rings is 1. The van der Waals surface area contributed by atoms with Gasteiger partial charge in [-0.2, -0.15) is 0 Å². The van der Waals surface area contributed by atoms with Gasteiger partial charge in [-0.3, -0.25) is 9.69 Å². The van der Waals surface area contributed by atoms with Crippen LogP contribution in [-0.2, 0) is 4.74 Å². The number of methoxy groups -OCH3 is 1. The van der Waals surface area contributed by atoms with Crippen LogP contribution in [-0.4, -0.2) is 68.8 Å². The molecule has 0 unspecified atom stereocenters. The average Bonchev–Trinajstić information content (AvgIpc) is 2.74. The molecule has 0 aromatic heterocycles. The predicted molar refractivity (Wildman–Crippen MR) is 84.4 cm³/mol. The standard InChI is InChI=1S/C17H24N2O3/c1-12-5-4-6-15(16(12)21-3)17(20)19-8-13-7-18(2)14(9-19)11-22-10-13/h4-6,13-14H,7-11H2,1-3H3/t13-,14+/m1/s1. The third kappa shape index (κ3) is 2.83. The molecule has 1 amide bonds. The molecule has 0 saturated carbocycles. The first-order valence-corrected chi connectivity index (χ1v) is 7.81. The molecule has 0 aliphatic carbocycles. The van der Waals surface area contributed by atoms with Crippen molar-refractivity contribution in [3.8, 4) is 5.75 Å². The molecule has 2 fully saturated rings. The molecule has 22 heavy (non-hydrogen) atoms. The van der Waals surface area contributed by atoms with Gasteiger partial charge in [-0.05, 0) is 25.6 Å². The first kappa shape index (κ1) is 15.3. The molecule has 2 aliphatic rings. The van der Waals surface area contributed by atoms with Gasteiger partial charge in [0, 0.05) is 25.6 Å². The first-order valence-electron chi connectivity index (χ1n) is 7.81. The molecule has 2 heterocycles. The minimum atomic E-state index is 0.0627. The fourth-order valence-corrected chi connectivity index (χ4v) is 3.48. The maximum atomic E-state index is 13.0. The zero-order chi connectivity index (χ0) is 15.7. The topological polar surface area (TPSA) is 42.0 Å². The van der Waals surface area contributed by atoms with Crippen LogP contribution in [0.4, 0.5) is 0 Å². The quantitative estimate of drug-likeness (QED) is 0.828. The Morgan fingerprint density at radius 2 is 2.09 bits per heavy atom. The number of likely N-dealkylation sites (N-methyl/N-ethyl adjacent to an activating group) is 1. The molecule has 1 aromatic rings. The summed E-state index contributed by atoms with van der Waals surface area (Å²) in [4.78, 5) is 17.3. The van der Waals surface area contributed by atoms with E-state index in [1.165, 1.54) is 0 Å². The highest BCUT2D eigenvalue weighted by molar-refractivity contribution is 5.97. The smallest absolute Gasteiger partial charge is 0.257 e. The number of amides is 1. The number of aryl methyl sites for hydroxylation is 1. The monoisotopic (exact) mass is 304 g/mol. The van der Waals surface area contributed by atoms with Gasteiger partial charge in [0.25, 0.3) is 5.91 Å². The highest BCUT2D eigenvalue weighted by atomic mass is 16.5. The third-order valence-electron chi connectivity index (χ3n) is 4.68. The van der Waals surface area contributed by atoms with Crippen LogP contribution >= 0.6 is 0 Å². The van der Waals surface area contributed by atoms with E-state index in [0.717, 1.165) is 25.3 Å². The van der Waals surface area contributed by atoms with Crippen molar-refractivity contribution in [2.75, 3.05) is 47.0 Å².